The van der Waals surface area contributed by atoms with Gasteiger partial charge in [0.05, 0.1) is 0 Å². The van der Waals surface area contributed by atoms with E-state index in [1.165, 1.54) is 11.3 Å². The van der Waals surface area contributed by atoms with Crippen molar-refractivity contribution in [1.29, 1.82) is 0 Å². The molecule has 2 aromatic carbocycles. The predicted molar refractivity (Wildman–Crippen MR) is 91.9 cm³/mol. The lowest BCUT2D eigenvalue weighted by molar-refractivity contribution is -0.111. The molecule has 0 spiro atoms. The van der Waals surface area contributed by atoms with Crippen molar-refractivity contribution in [2.75, 3.05) is 11.4 Å². The Morgan fingerprint density at radius 2 is 1.68 bits per heavy atom. The van der Waals surface area contributed by atoms with E-state index in [4.69, 9.17) is 0 Å². The molecule has 1 aliphatic heterocycles. The van der Waals surface area contributed by atoms with Gasteiger partial charge in [-0.2, -0.15) is 0 Å². The molecule has 2 nitrogen and oxygen atoms in total. The molecule has 0 bridgehead atoms. The van der Waals surface area contributed by atoms with Crippen molar-refractivity contribution in [2.45, 2.75) is 26.2 Å². The van der Waals surface area contributed by atoms with E-state index < -0.39 is 0 Å². The van der Waals surface area contributed by atoms with Crippen molar-refractivity contribution >= 4 is 17.0 Å². The Balaban J connectivity index is 2.06. The minimum absolute atomic E-state index is 0.0890. The number of carbonyl (C=O) groups excluding carboxylic acids is 1. The molecular weight excluding hydrogens is 270 g/mol. The maximum Gasteiger partial charge on any atom is 0.161 e. The molecule has 0 N–H and O–H groups in total. The van der Waals surface area contributed by atoms with Crippen LogP contribution in [0.3, 0.4) is 0 Å². The van der Waals surface area contributed by atoms with Crippen LogP contribution in [0.5, 0.6) is 0 Å². The van der Waals surface area contributed by atoms with Gasteiger partial charge in [-0.1, -0.05) is 62.4 Å². The minimum atomic E-state index is 0.0890. The SMILES string of the molecule is CC(=O)/C(=C\N1CC(C)(C)c2ccccc21)c1ccccc1. The molecule has 2 aromatic rings. The largest absolute Gasteiger partial charge is 0.346 e. The van der Waals surface area contributed by atoms with Gasteiger partial charge in [-0.05, 0) is 24.1 Å². The first-order chi connectivity index (χ1) is 10.5. The highest BCUT2D eigenvalue weighted by molar-refractivity contribution is 6.19. The van der Waals surface area contributed by atoms with E-state index in [-0.39, 0.29) is 11.2 Å². The Kier molecular flexibility index (Phi) is 3.61. The van der Waals surface area contributed by atoms with Crippen molar-refractivity contribution in [2.24, 2.45) is 0 Å². The number of rotatable bonds is 3. The van der Waals surface area contributed by atoms with Gasteiger partial charge in [-0.15, -0.1) is 0 Å². The number of anilines is 1. The second kappa shape index (κ2) is 5.45. The number of carbonyl (C=O) groups is 1. The second-order valence-corrected chi connectivity index (χ2v) is 6.49. The Bertz CT molecular complexity index is 728. The van der Waals surface area contributed by atoms with E-state index in [9.17, 15) is 4.79 Å². The number of hydrogen-bond donors (Lipinski definition) is 0. The Morgan fingerprint density at radius 3 is 2.36 bits per heavy atom. The molecule has 0 amide bonds. The molecule has 3 rings (SSSR count). The molecule has 0 saturated heterocycles. The summed E-state index contributed by atoms with van der Waals surface area (Å²) in [5.41, 5.74) is 4.35. The molecular formula is C20H21NO. The lowest BCUT2D eigenvalue weighted by atomic mass is 9.87. The first-order valence-electron chi connectivity index (χ1n) is 7.63. The summed E-state index contributed by atoms with van der Waals surface area (Å²) in [6.45, 7) is 7.01. The summed E-state index contributed by atoms with van der Waals surface area (Å²) < 4.78 is 0. The van der Waals surface area contributed by atoms with E-state index in [1.807, 2.05) is 36.5 Å². The van der Waals surface area contributed by atoms with Crippen molar-refractivity contribution < 1.29 is 4.79 Å². The monoisotopic (exact) mass is 291 g/mol. The van der Waals surface area contributed by atoms with Crippen LogP contribution in [-0.2, 0) is 10.2 Å². The summed E-state index contributed by atoms with van der Waals surface area (Å²) in [5, 5.41) is 0. The third kappa shape index (κ3) is 2.57. The molecule has 112 valence electrons. The molecule has 2 heteroatoms. The maximum absolute atomic E-state index is 12.1. The molecule has 0 radical (unpaired) electrons. The van der Waals surface area contributed by atoms with Crippen LogP contribution >= 0.6 is 0 Å². The van der Waals surface area contributed by atoms with Gasteiger partial charge in [0.15, 0.2) is 5.78 Å². The van der Waals surface area contributed by atoms with E-state index >= 15 is 0 Å². The summed E-state index contributed by atoms with van der Waals surface area (Å²) in [6.07, 6.45) is 2.01. The van der Waals surface area contributed by atoms with Gasteiger partial charge >= 0.3 is 0 Å². The van der Waals surface area contributed by atoms with Crippen molar-refractivity contribution in [3.63, 3.8) is 0 Å². The topological polar surface area (TPSA) is 20.3 Å². The lowest BCUT2D eigenvalue weighted by Crippen LogP contribution is -2.25. The third-order valence-corrected chi connectivity index (χ3v) is 4.26. The number of nitrogens with zero attached hydrogens (tertiary/aromatic N) is 1. The summed E-state index contributed by atoms with van der Waals surface area (Å²) in [7, 11) is 0. The van der Waals surface area contributed by atoms with Crippen LogP contribution in [-0.4, -0.2) is 12.3 Å². The zero-order valence-electron chi connectivity index (χ0n) is 13.3. The average Bonchev–Trinajstić information content (AvgIpc) is 2.77. The molecule has 1 aliphatic rings. The molecule has 0 atom stereocenters. The molecule has 0 fully saturated rings. The summed E-state index contributed by atoms with van der Waals surface area (Å²) in [6, 6.07) is 18.3. The lowest BCUT2D eigenvalue weighted by Gasteiger charge is -2.20. The van der Waals surface area contributed by atoms with E-state index in [1.54, 1.807) is 6.92 Å². The van der Waals surface area contributed by atoms with Gasteiger partial charge in [0.25, 0.3) is 0 Å². The van der Waals surface area contributed by atoms with Crippen LogP contribution in [0.4, 0.5) is 5.69 Å². The molecule has 0 aliphatic carbocycles. The van der Waals surface area contributed by atoms with Crippen LogP contribution < -0.4 is 4.90 Å². The zero-order chi connectivity index (χ0) is 15.7. The predicted octanol–water partition coefficient (Wildman–Crippen LogP) is 4.41. The van der Waals surface area contributed by atoms with Crippen LogP contribution in [0, 0.1) is 0 Å². The summed E-state index contributed by atoms with van der Waals surface area (Å²) >= 11 is 0. The normalized spacial score (nSPS) is 16.5. The maximum atomic E-state index is 12.1. The van der Waals surface area contributed by atoms with Crippen molar-refractivity contribution in [1.82, 2.24) is 0 Å². The highest BCUT2D eigenvalue weighted by atomic mass is 16.1. The molecule has 0 saturated carbocycles. The smallest absolute Gasteiger partial charge is 0.161 e. The summed E-state index contributed by atoms with van der Waals surface area (Å²) in [4.78, 5) is 14.3. The van der Waals surface area contributed by atoms with Crippen LogP contribution in [0.1, 0.15) is 31.9 Å². The van der Waals surface area contributed by atoms with E-state index in [0.29, 0.717) is 0 Å². The quantitative estimate of drug-likeness (QED) is 0.780. The van der Waals surface area contributed by atoms with Gasteiger partial charge < -0.3 is 4.90 Å². The van der Waals surface area contributed by atoms with Gasteiger partial charge in [0.1, 0.15) is 0 Å². The number of benzene rings is 2. The standard InChI is InChI=1S/C20H21NO/c1-15(22)17(16-9-5-4-6-10-16)13-21-14-20(2,3)18-11-7-8-12-19(18)21/h4-13H,14H2,1-3H3/b17-13+. The van der Waals surface area contributed by atoms with Crippen LogP contribution in [0.2, 0.25) is 0 Å². The van der Waals surface area contributed by atoms with Gasteiger partial charge in [-0.3, -0.25) is 4.79 Å². The fourth-order valence-corrected chi connectivity index (χ4v) is 3.15. The van der Waals surface area contributed by atoms with E-state index in [2.05, 4.69) is 43.0 Å². The average molecular weight is 291 g/mol. The fraction of sp³-hybridized carbons (Fsp3) is 0.250. The number of para-hydroxylation sites is 1. The van der Waals surface area contributed by atoms with Gasteiger partial charge in [-0.25, -0.2) is 0 Å². The molecule has 0 unspecified atom stereocenters. The van der Waals surface area contributed by atoms with E-state index in [0.717, 1.165) is 17.7 Å². The van der Waals surface area contributed by atoms with Gasteiger partial charge in [0.2, 0.25) is 0 Å². The van der Waals surface area contributed by atoms with Crippen molar-refractivity contribution in [3.8, 4) is 0 Å². The minimum Gasteiger partial charge on any atom is -0.346 e. The number of ketones is 1. The molecule has 1 heterocycles. The van der Waals surface area contributed by atoms with Crippen molar-refractivity contribution in [3.05, 3.63) is 71.9 Å². The number of Topliss-reactive ketones (excluding diaryl/α,β-unsaturated/α-hetero) is 1. The first-order valence-corrected chi connectivity index (χ1v) is 7.63. The fourth-order valence-electron chi connectivity index (χ4n) is 3.15. The summed E-state index contributed by atoms with van der Waals surface area (Å²) in [5.74, 6) is 0.0911. The zero-order valence-corrected chi connectivity index (χ0v) is 13.3. The van der Waals surface area contributed by atoms with Crippen LogP contribution in [0.25, 0.3) is 5.57 Å². The Hall–Kier alpha value is -2.35. The van der Waals surface area contributed by atoms with Crippen LogP contribution in [0.15, 0.2) is 60.8 Å². The highest BCUT2D eigenvalue weighted by Gasteiger charge is 2.34. The Labute approximate surface area is 132 Å². The highest BCUT2D eigenvalue weighted by Crippen LogP contribution is 2.40. The number of hydrogen-bond acceptors (Lipinski definition) is 2. The third-order valence-electron chi connectivity index (χ3n) is 4.26. The second-order valence-electron chi connectivity index (χ2n) is 6.49. The number of allylic oxidation sites excluding steroid dienone is 1. The Morgan fingerprint density at radius 1 is 1.05 bits per heavy atom. The van der Waals surface area contributed by atoms with Gasteiger partial charge in [0, 0.05) is 29.4 Å². The molecule has 0 aromatic heterocycles. The number of fused-ring (bicyclic) bond motifs is 1. The molecule has 22 heavy (non-hydrogen) atoms. The first kappa shape index (κ1) is 14.6.